The van der Waals surface area contributed by atoms with Crippen LogP contribution in [0.25, 0.3) is 0 Å². The van der Waals surface area contributed by atoms with Gasteiger partial charge in [-0.2, -0.15) is 0 Å². The molecule has 0 aromatic carbocycles. The lowest BCUT2D eigenvalue weighted by atomic mass is 10.3. The topological polar surface area (TPSA) is 52.6 Å². The molecule has 116 valence electrons. The van der Waals surface area contributed by atoms with Gasteiger partial charge in [0.25, 0.3) is 0 Å². The highest BCUT2D eigenvalue weighted by atomic mass is 127. The Hall–Kier alpha value is -0.330. The van der Waals surface area contributed by atoms with E-state index >= 15 is 0 Å². The van der Waals surface area contributed by atoms with Gasteiger partial charge >= 0.3 is 11.9 Å². The zero-order valence-electron chi connectivity index (χ0n) is 12.9. The van der Waals surface area contributed by atoms with Crippen molar-refractivity contribution in [2.45, 2.75) is 72.8 Å². The van der Waals surface area contributed by atoms with Gasteiger partial charge in [-0.05, 0) is 19.8 Å². The highest BCUT2D eigenvalue weighted by Gasteiger charge is 2.02. The summed E-state index contributed by atoms with van der Waals surface area (Å²) in [4.78, 5) is 21.0. The molecule has 0 rings (SSSR count). The number of carbonyl (C=O) groups is 2. The monoisotopic (exact) mass is 388 g/mol. The van der Waals surface area contributed by atoms with Crippen LogP contribution in [0.3, 0.4) is 0 Å². The fraction of sp³-hybridized carbons (Fsp3) is 0.857. The first-order valence-corrected chi connectivity index (χ1v) is 6.86. The van der Waals surface area contributed by atoms with Crippen LogP contribution < -0.4 is 0 Å². The Kier molecular flexibility index (Phi) is 22.1. The Labute approximate surface area is 134 Å². The maximum Gasteiger partial charge on any atom is 0.305 e. The summed E-state index contributed by atoms with van der Waals surface area (Å²) in [7, 11) is 0. The van der Waals surface area contributed by atoms with Gasteiger partial charge in [0, 0.05) is 12.8 Å². The predicted molar refractivity (Wildman–Crippen MR) is 87.7 cm³/mol. The van der Waals surface area contributed by atoms with Crippen LogP contribution in [0, 0.1) is 0 Å². The van der Waals surface area contributed by atoms with Gasteiger partial charge in [0.05, 0.1) is 12.7 Å². The van der Waals surface area contributed by atoms with E-state index in [1.807, 2.05) is 13.8 Å². The fourth-order valence-electron chi connectivity index (χ4n) is 0.823. The smallest absolute Gasteiger partial charge is 0.305 e. The quantitative estimate of drug-likeness (QED) is 0.374. The lowest BCUT2D eigenvalue weighted by Gasteiger charge is -2.08. The van der Waals surface area contributed by atoms with Crippen LogP contribution in [-0.2, 0) is 19.1 Å². The van der Waals surface area contributed by atoms with Crippen molar-refractivity contribution < 1.29 is 19.1 Å². The van der Waals surface area contributed by atoms with Gasteiger partial charge in [0.15, 0.2) is 0 Å². The predicted octanol–water partition coefficient (Wildman–Crippen LogP) is 4.10. The molecule has 0 aromatic heterocycles. The molecule has 0 saturated carbocycles. The number of ether oxygens (including phenoxy) is 2. The van der Waals surface area contributed by atoms with Crippen molar-refractivity contribution in [3.63, 3.8) is 0 Å². The van der Waals surface area contributed by atoms with Gasteiger partial charge in [-0.3, -0.25) is 9.59 Å². The summed E-state index contributed by atoms with van der Waals surface area (Å²) in [5.41, 5.74) is 0. The highest BCUT2D eigenvalue weighted by molar-refractivity contribution is 14.0. The highest BCUT2D eigenvalue weighted by Crippen LogP contribution is 1.97. The number of hydrogen-bond donors (Lipinski definition) is 0. The van der Waals surface area contributed by atoms with Gasteiger partial charge in [0.1, 0.15) is 0 Å². The third-order valence-electron chi connectivity index (χ3n) is 2.25. The van der Waals surface area contributed by atoms with E-state index in [2.05, 4.69) is 6.92 Å². The first-order chi connectivity index (χ1) is 8.51. The van der Waals surface area contributed by atoms with Crippen molar-refractivity contribution in [1.82, 2.24) is 0 Å². The Balaban J connectivity index is -0.000000256. The Morgan fingerprint density at radius 3 is 1.89 bits per heavy atom. The average molecular weight is 388 g/mol. The maximum absolute atomic E-state index is 10.6. The van der Waals surface area contributed by atoms with E-state index in [1.165, 1.54) is 0 Å². The third-order valence-corrected chi connectivity index (χ3v) is 2.25. The largest absolute Gasteiger partial charge is 0.466 e. The molecule has 19 heavy (non-hydrogen) atoms. The average Bonchev–Trinajstić information content (AvgIpc) is 2.39. The molecule has 0 radical (unpaired) electrons. The maximum atomic E-state index is 10.6. The minimum absolute atomic E-state index is 0. The molecule has 5 heteroatoms. The first-order valence-electron chi connectivity index (χ1n) is 6.86. The number of unbranched alkanes of at least 4 members (excludes halogenated alkanes) is 1. The summed E-state index contributed by atoms with van der Waals surface area (Å²) in [5, 5.41) is 0. The summed E-state index contributed by atoms with van der Waals surface area (Å²) in [6.45, 7) is 10.1. The van der Waals surface area contributed by atoms with Crippen molar-refractivity contribution in [3.05, 3.63) is 0 Å². The van der Waals surface area contributed by atoms with E-state index in [9.17, 15) is 9.59 Å². The number of halogens is 1. The van der Waals surface area contributed by atoms with Gasteiger partial charge in [-0.15, -0.1) is 24.0 Å². The molecule has 0 N–H and O–H groups in total. The Morgan fingerprint density at radius 1 is 1.00 bits per heavy atom. The van der Waals surface area contributed by atoms with Gasteiger partial charge < -0.3 is 9.47 Å². The van der Waals surface area contributed by atoms with Crippen molar-refractivity contribution >= 4 is 35.9 Å². The number of hydrogen-bond acceptors (Lipinski definition) is 4. The molecule has 0 aliphatic rings. The van der Waals surface area contributed by atoms with Gasteiger partial charge in [0.2, 0.25) is 0 Å². The minimum Gasteiger partial charge on any atom is -0.466 e. The summed E-state index contributed by atoms with van der Waals surface area (Å²) < 4.78 is 9.70. The first kappa shape index (κ1) is 23.7. The second-order valence-corrected chi connectivity index (χ2v) is 3.99. The molecular weight excluding hydrogens is 359 g/mol. The van der Waals surface area contributed by atoms with E-state index in [1.54, 1.807) is 13.8 Å². The van der Waals surface area contributed by atoms with E-state index < -0.39 is 0 Å². The molecule has 0 aliphatic heterocycles. The lowest BCUT2D eigenvalue weighted by molar-refractivity contribution is -0.148. The SMILES string of the molecule is CCC(=O)OC(C)CC.CCCCOC(=O)CC.I. The van der Waals surface area contributed by atoms with Crippen LogP contribution in [-0.4, -0.2) is 24.6 Å². The molecular formula is C14H29IO4. The van der Waals surface area contributed by atoms with E-state index in [4.69, 9.17) is 9.47 Å². The summed E-state index contributed by atoms with van der Waals surface area (Å²) in [6, 6.07) is 0. The van der Waals surface area contributed by atoms with Crippen LogP contribution in [0.2, 0.25) is 0 Å². The van der Waals surface area contributed by atoms with E-state index in [0.29, 0.717) is 19.4 Å². The molecule has 1 atom stereocenters. The number of rotatable bonds is 7. The van der Waals surface area contributed by atoms with Crippen molar-refractivity contribution in [2.24, 2.45) is 0 Å². The molecule has 1 unspecified atom stereocenters. The summed E-state index contributed by atoms with van der Waals surface area (Å²) >= 11 is 0. The van der Waals surface area contributed by atoms with Crippen LogP contribution in [0.15, 0.2) is 0 Å². The zero-order valence-corrected chi connectivity index (χ0v) is 15.2. The summed E-state index contributed by atoms with van der Waals surface area (Å²) in [6.07, 6.45) is 4.00. The molecule has 0 aromatic rings. The fourth-order valence-corrected chi connectivity index (χ4v) is 0.823. The Morgan fingerprint density at radius 2 is 1.53 bits per heavy atom. The van der Waals surface area contributed by atoms with Crippen LogP contribution >= 0.6 is 24.0 Å². The number of esters is 2. The second kappa shape index (κ2) is 17.7. The molecule has 0 spiro atoms. The van der Waals surface area contributed by atoms with Crippen molar-refractivity contribution in [3.8, 4) is 0 Å². The molecule has 0 bridgehead atoms. The Bertz CT molecular complexity index is 219. The van der Waals surface area contributed by atoms with E-state index in [-0.39, 0.29) is 42.0 Å². The van der Waals surface area contributed by atoms with E-state index in [0.717, 1.165) is 19.3 Å². The van der Waals surface area contributed by atoms with Gasteiger partial charge in [-0.1, -0.05) is 34.1 Å². The van der Waals surface area contributed by atoms with Crippen molar-refractivity contribution in [1.29, 1.82) is 0 Å². The van der Waals surface area contributed by atoms with Crippen LogP contribution in [0.4, 0.5) is 0 Å². The normalized spacial score (nSPS) is 10.4. The molecule has 0 heterocycles. The molecule has 0 fully saturated rings. The summed E-state index contributed by atoms with van der Waals surface area (Å²) in [5.74, 6) is -0.201. The molecule has 0 amide bonds. The standard InChI is InChI=1S/2C7H14O2.HI/c1-4-6(3)9-7(8)5-2;1-3-5-6-9-7(8)4-2;/h6H,4-5H2,1-3H3;3-6H2,1-2H3;1H. The second-order valence-electron chi connectivity index (χ2n) is 3.99. The zero-order chi connectivity index (χ0) is 14.4. The van der Waals surface area contributed by atoms with Crippen LogP contribution in [0.5, 0.6) is 0 Å². The molecule has 0 aliphatic carbocycles. The minimum atomic E-state index is -0.107. The number of carbonyl (C=O) groups excluding carboxylic acids is 2. The third kappa shape index (κ3) is 20.2. The lowest BCUT2D eigenvalue weighted by Crippen LogP contribution is -2.12. The van der Waals surface area contributed by atoms with Gasteiger partial charge in [-0.25, -0.2) is 0 Å². The molecule has 4 nitrogen and oxygen atoms in total. The molecule has 0 saturated heterocycles. The van der Waals surface area contributed by atoms with Crippen molar-refractivity contribution in [2.75, 3.05) is 6.61 Å². The van der Waals surface area contributed by atoms with Crippen LogP contribution in [0.1, 0.15) is 66.7 Å².